The molecule has 1 amide bonds. The van der Waals surface area contributed by atoms with Gasteiger partial charge in [-0.1, -0.05) is 0 Å². The van der Waals surface area contributed by atoms with Crippen LogP contribution < -0.4 is 10.5 Å². The maximum Gasteiger partial charge on any atom is 0.337 e. The standard InChI is InChI=1S/C14H15N3O5/c1-21-14(20)9-2-4-10(5-3-9)22-7-6-17-8-16-11(12(15)18)13(17)19/h2-5,8,19H,6-7H2,1H3,(H2,15,18). The van der Waals surface area contributed by atoms with Gasteiger partial charge in [-0.15, -0.1) is 0 Å². The lowest BCUT2D eigenvalue weighted by Crippen LogP contribution is -2.12. The molecule has 0 bridgehead atoms. The second-order valence-corrected chi connectivity index (χ2v) is 4.34. The zero-order valence-electron chi connectivity index (χ0n) is 11.9. The third-order valence-corrected chi connectivity index (χ3v) is 2.92. The maximum atomic E-state index is 11.3. The van der Waals surface area contributed by atoms with E-state index in [-0.39, 0.29) is 24.7 Å². The highest BCUT2D eigenvalue weighted by molar-refractivity contribution is 5.93. The topological polar surface area (TPSA) is 117 Å². The number of ether oxygens (including phenoxy) is 2. The van der Waals surface area contributed by atoms with Gasteiger partial charge in [0.25, 0.3) is 5.91 Å². The molecule has 1 aromatic carbocycles. The number of hydrogen-bond acceptors (Lipinski definition) is 6. The van der Waals surface area contributed by atoms with Crippen molar-refractivity contribution >= 4 is 11.9 Å². The largest absolute Gasteiger partial charge is 0.493 e. The number of nitrogens with two attached hydrogens (primary N) is 1. The lowest BCUT2D eigenvalue weighted by atomic mass is 10.2. The Morgan fingerprint density at radius 2 is 2.00 bits per heavy atom. The summed E-state index contributed by atoms with van der Waals surface area (Å²) in [6.07, 6.45) is 1.30. The Morgan fingerprint density at radius 3 is 2.55 bits per heavy atom. The number of aromatic nitrogens is 2. The highest BCUT2D eigenvalue weighted by Gasteiger charge is 2.14. The predicted octanol–water partition coefficient (Wildman–Crippen LogP) is 0.553. The second kappa shape index (κ2) is 6.61. The van der Waals surface area contributed by atoms with Crippen molar-refractivity contribution in [1.29, 1.82) is 0 Å². The highest BCUT2D eigenvalue weighted by Crippen LogP contribution is 2.16. The molecule has 116 valence electrons. The van der Waals surface area contributed by atoms with Gasteiger partial charge < -0.3 is 20.3 Å². The zero-order valence-corrected chi connectivity index (χ0v) is 11.9. The molecule has 0 atom stereocenters. The highest BCUT2D eigenvalue weighted by atomic mass is 16.5. The fraction of sp³-hybridized carbons (Fsp3) is 0.214. The molecule has 2 aromatic rings. The third-order valence-electron chi connectivity index (χ3n) is 2.92. The monoisotopic (exact) mass is 305 g/mol. The van der Waals surface area contributed by atoms with E-state index in [1.54, 1.807) is 24.3 Å². The zero-order chi connectivity index (χ0) is 16.1. The quantitative estimate of drug-likeness (QED) is 0.753. The van der Waals surface area contributed by atoms with Crippen LogP contribution in [0.2, 0.25) is 0 Å². The Balaban J connectivity index is 1.91. The molecule has 0 radical (unpaired) electrons. The van der Waals surface area contributed by atoms with Gasteiger partial charge in [0.2, 0.25) is 5.88 Å². The number of nitrogens with zero attached hydrogens (tertiary/aromatic N) is 2. The first kappa shape index (κ1) is 15.4. The first-order valence-corrected chi connectivity index (χ1v) is 6.38. The van der Waals surface area contributed by atoms with Gasteiger partial charge in [-0.2, -0.15) is 0 Å². The van der Waals surface area contributed by atoms with E-state index < -0.39 is 11.9 Å². The molecule has 0 unspecified atom stereocenters. The predicted molar refractivity (Wildman–Crippen MR) is 75.7 cm³/mol. The van der Waals surface area contributed by atoms with Gasteiger partial charge in [-0.25, -0.2) is 9.78 Å². The average molecular weight is 305 g/mol. The minimum Gasteiger partial charge on any atom is -0.493 e. The summed E-state index contributed by atoms with van der Waals surface area (Å²) in [6.45, 7) is 0.518. The minimum atomic E-state index is -0.796. The van der Waals surface area contributed by atoms with Crippen molar-refractivity contribution < 1.29 is 24.2 Å². The van der Waals surface area contributed by atoms with Crippen molar-refractivity contribution in [2.75, 3.05) is 13.7 Å². The van der Waals surface area contributed by atoms with E-state index in [0.29, 0.717) is 11.3 Å². The van der Waals surface area contributed by atoms with Crippen LogP contribution in [0.15, 0.2) is 30.6 Å². The van der Waals surface area contributed by atoms with Gasteiger partial charge in [0.05, 0.1) is 25.5 Å². The van der Waals surface area contributed by atoms with Gasteiger partial charge in [-0.05, 0) is 24.3 Å². The van der Waals surface area contributed by atoms with Crippen LogP contribution >= 0.6 is 0 Å². The van der Waals surface area contributed by atoms with Gasteiger partial charge >= 0.3 is 5.97 Å². The molecule has 0 saturated carbocycles. The molecule has 0 fully saturated rings. The number of amides is 1. The lowest BCUT2D eigenvalue weighted by Gasteiger charge is -2.08. The van der Waals surface area contributed by atoms with E-state index in [4.69, 9.17) is 10.5 Å². The summed E-state index contributed by atoms with van der Waals surface area (Å²) in [4.78, 5) is 26.0. The number of carbonyl (C=O) groups is 2. The number of carbonyl (C=O) groups excluding carboxylic acids is 2. The third kappa shape index (κ3) is 3.35. The molecule has 0 aliphatic carbocycles. The molecule has 1 heterocycles. The van der Waals surface area contributed by atoms with Crippen LogP contribution in [0.4, 0.5) is 0 Å². The van der Waals surface area contributed by atoms with E-state index in [0.717, 1.165) is 0 Å². The summed E-state index contributed by atoms with van der Waals surface area (Å²) in [5.74, 6) is -0.955. The molecule has 8 heteroatoms. The maximum absolute atomic E-state index is 11.3. The van der Waals surface area contributed by atoms with Crippen LogP contribution in [0.5, 0.6) is 11.6 Å². The SMILES string of the molecule is COC(=O)c1ccc(OCCn2cnc(C(N)=O)c2O)cc1. The van der Waals surface area contributed by atoms with E-state index >= 15 is 0 Å². The lowest BCUT2D eigenvalue weighted by molar-refractivity contribution is 0.0600. The minimum absolute atomic E-state index is 0.178. The summed E-state index contributed by atoms with van der Waals surface area (Å²) in [5, 5.41) is 9.71. The van der Waals surface area contributed by atoms with Crippen LogP contribution in [-0.4, -0.2) is 40.3 Å². The summed E-state index contributed by atoms with van der Waals surface area (Å²) >= 11 is 0. The van der Waals surface area contributed by atoms with Crippen molar-refractivity contribution in [3.63, 3.8) is 0 Å². The number of hydrogen-bond donors (Lipinski definition) is 2. The summed E-state index contributed by atoms with van der Waals surface area (Å²) in [7, 11) is 1.31. The number of esters is 1. The normalized spacial score (nSPS) is 10.2. The van der Waals surface area contributed by atoms with Gasteiger partial charge in [0.1, 0.15) is 12.4 Å². The molecule has 0 spiro atoms. The van der Waals surface area contributed by atoms with E-state index in [1.165, 1.54) is 18.0 Å². The molecule has 3 N–H and O–H groups in total. The van der Waals surface area contributed by atoms with Crippen LogP contribution in [0.1, 0.15) is 20.8 Å². The van der Waals surface area contributed by atoms with E-state index in [1.807, 2.05) is 0 Å². The Kier molecular flexibility index (Phi) is 4.62. The van der Waals surface area contributed by atoms with Gasteiger partial charge in [0.15, 0.2) is 5.69 Å². The fourth-order valence-electron chi connectivity index (χ4n) is 1.78. The number of rotatable bonds is 6. The number of aromatic hydroxyl groups is 1. The first-order chi connectivity index (χ1) is 10.5. The fourth-order valence-corrected chi connectivity index (χ4v) is 1.78. The summed E-state index contributed by atoms with van der Waals surface area (Å²) in [5.41, 5.74) is 5.30. The number of methoxy groups -OCH3 is 1. The Labute approximate surface area is 126 Å². The van der Waals surface area contributed by atoms with E-state index in [9.17, 15) is 14.7 Å². The van der Waals surface area contributed by atoms with Crippen LogP contribution in [0.25, 0.3) is 0 Å². The first-order valence-electron chi connectivity index (χ1n) is 6.38. The second-order valence-electron chi connectivity index (χ2n) is 4.34. The van der Waals surface area contributed by atoms with Crippen LogP contribution in [0.3, 0.4) is 0 Å². The average Bonchev–Trinajstić information content (AvgIpc) is 2.88. The summed E-state index contributed by atoms with van der Waals surface area (Å²) in [6, 6.07) is 6.44. The Bertz CT molecular complexity index is 678. The molecule has 0 aliphatic heterocycles. The van der Waals surface area contributed by atoms with Gasteiger partial charge in [0, 0.05) is 0 Å². The molecule has 1 aromatic heterocycles. The van der Waals surface area contributed by atoms with Crippen molar-refractivity contribution in [3.05, 3.63) is 41.9 Å². The van der Waals surface area contributed by atoms with E-state index in [2.05, 4.69) is 9.72 Å². The smallest absolute Gasteiger partial charge is 0.337 e. The van der Waals surface area contributed by atoms with Crippen LogP contribution in [-0.2, 0) is 11.3 Å². The van der Waals surface area contributed by atoms with Crippen LogP contribution in [0, 0.1) is 0 Å². The number of primary amides is 1. The number of benzene rings is 1. The molecule has 2 rings (SSSR count). The molecule has 8 nitrogen and oxygen atoms in total. The van der Waals surface area contributed by atoms with Crippen molar-refractivity contribution in [1.82, 2.24) is 9.55 Å². The van der Waals surface area contributed by atoms with Crippen molar-refractivity contribution in [2.45, 2.75) is 6.54 Å². The van der Waals surface area contributed by atoms with Gasteiger partial charge in [-0.3, -0.25) is 9.36 Å². The molecular weight excluding hydrogens is 290 g/mol. The van der Waals surface area contributed by atoms with Crippen molar-refractivity contribution in [3.8, 4) is 11.6 Å². The molecule has 22 heavy (non-hydrogen) atoms. The Morgan fingerprint density at radius 1 is 1.32 bits per heavy atom. The van der Waals surface area contributed by atoms with Crippen molar-refractivity contribution in [2.24, 2.45) is 5.73 Å². The summed E-state index contributed by atoms with van der Waals surface area (Å²) < 4.78 is 11.4. The molecular formula is C14H15N3O5. The molecule has 0 aliphatic rings. The Hall–Kier alpha value is -3.03. The number of imidazole rings is 1. The molecule has 0 saturated heterocycles.